The fourth-order valence-electron chi connectivity index (χ4n) is 2.09. The van der Waals surface area contributed by atoms with Crippen molar-refractivity contribution in [1.82, 2.24) is 19.5 Å². The summed E-state index contributed by atoms with van der Waals surface area (Å²) < 4.78 is 28.8. The average Bonchev–Trinajstić information content (AvgIpc) is 2.71. The van der Waals surface area contributed by atoms with Crippen LogP contribution in [0.15, 0.2) is 23.4 Å². The molecule has 0 aliphatic heterocycles. The summed E-state index contributed by atoms with van der Waals surface area (Å²) in [5.74, 6) is 0. The molecular formula is C13H17ClN4O2S. The van der Waals surface area contributed by atoms with Crippen molar-refractivity contribution < 1.29 is 8.42 Å². The lowest BCUT2D eigenvalue weighted by Crippen LogP contribution is -2.24. The van der Waals surface area contributed by atoms with Crippen molar-refractivity contribution in [1.29, 1.82) is 0 Å². The normalized spacial score (nSPS) is 11.8. The minimum absolute atomic E-state index is 0.0492. The van der Waals surface area contributed by atoms with Crippen LogP contribution in [0.25, 0.3) is 0 Å². The fraction of sp³-hybridized carbons (Fsp3) is 0.385. The Morgan fingerprint density at radius 1 is 1.33 bits per heavy atom. The van der Waals surface area contributed by atoms with Crippen LogP contribution in [-0.2, 0) is 23.1 Å². The van der Waals surface area contributed by atoms with Crippen molar-refractivity contribution in [2.45, 2.75) is 38.8 Å². The zero-order chi connectivity index (χ0) is 15.6. The summed E-state index contributed by atoms with van der Waals surface area (Å²) in [6.07, 6.45) is 2.66. The minimum atomic E-state index is -3.65. The van der Waals surface area contributed by atoms with Crippen molar-refractivity contribution in [2.75, 3.05) is 0 Å². The minimum Gasteiger partial charge on any atom is -0.270 e. The van der Waals surface area contributed by atoms with Gasteiger partial charge in [0.25, 0.3) is 0 Å². The number of nitrogens with zero attached hydrogens (tertiary/aromatic N) is 3. The lowest BCUT2D eigenvalue weighted by atomic mass is 10.2. The molecule has 21 heavy (non-hydrogen) atoms. The maximum atomic E-state index is 12.2. The first kappa shape index (κ1) is 15.9. The number of aromatic nitrogens is 3. The molecule has 0 radical (unpaired) electrons. The van der Waals surface area contributed by atoms with Crippen LogP contribution < -0.4 is 4.72 Å². The standard InChI is InChI=1S/C13H17ClN4O2S/c1-4-18-10(3)13(9(2)17-18)8-16-21(19,20)12-5-11(14)6-15-7-12/h5-7,16H,4,8H2,1-3H3. The first-order chi connectivity index (χ1) is 9.85. The van der Waals surface area contributed by atoms with Gasteiger partial charge in [-0.3, -0.25) is 9.67 Å². The van der Waals surface area contributed by atoms with Crippen molar-refractivity contribution in [3.63, 3.8) is 0 Å². The van der Waals surface area contributed by atoms with Gasteiger partial charge in [0.2, 0.25) is 10.0 Å². The molecule has 0 aliphatic rings. The molecule has 2 aromatic rings. The highest BCUT2D eigenvalue weighted by molar-refractivity contribution is 7.89. The molecule has 0 saturated heterocycles. The Labute approximate surface area is 129 Å². The molecule has 0 fully saturated rings. The van der Waals surface area contributed by atoms with Gasteiger partial charge in [0.15, 0.2) is 0 Å². The smallest absolute Gasteiger partial charge is 0.242 e. The Hall–Kier alpha value is -1.44. The molecule has 8 heteroatoms. The Morgan fingerprint density at radius 2 is 2.05 bits per heavy atom. The Balaban J connectivity index is 2.21. The van der Waals surface area contributed by atoms with Crippen LogP contribution in [0.3, 0.4) is 0 Å². The summed E-state index contributed by atoms with van der Waals surface area (Å²) in [5.41, 5.74) is 2.67. The van der Waals surface area contributed by atoms with Crippen molar-refractivity contribution in [3.05, 3.63) is 40.4 Å². The van der Waals surface area contributed by atoms with Gasteiger partial charge < -0.3 is 0 Å². The predicted molar refractivity (Wildman–Crippen MR) is 80.6 cm³/mol. The SMILES string of the molecule is CCn1nc(C)c(CNS(=O)(=O)c2cncc(Cl)c2)c1C. The van der Waals surface area contributed by atoms with E-state index in [0.717, 1.165) is 23.5 Å². The lowest BCUT2D eigenvalue weighted by molar-refractivity contribution is 0.580. The molecule has 0 amide bonds. The summed E-state index contributed by atoms with van der Waals surface area (Å²) >= 11 is 5.77. The topological polar surface area (TPSA) is 76.9 Å². The highest BCUT2D eigenvalue weighted by Crippen LogP contribution is 2.16. The molecule has 0 aliphatic carbocycles. The van der Waals surface area contributed by atoms with E-state index in [2.05, 4.69) is 14.8 Å². The number of hydrogen-bond acceptors (Lipinski definition) is 4. The quantitative estimate of drug-likeness (QED) is 0.911. The Kier molecular flexibility index (Phi) is 4.65. The number of sulfonamides is 1. The van der Waals surface area contributed by atoms with Gasteiger partial charge in [0.05, 0.1) is 10.7 Å². The van der Waals surface area contributed by atoms with Gasteiger partial charge in [-0.2, -0.15) is 5.10 Å². The number of pyridine rings is 1. The second-order valence-corrected chi connectivity index (χ2v) is 6.83. The molecule has 0 unspecified atom stereocenters. The van der Waals surface area contributed by atoms with Gasteiger partial charge in [0, 0.05) is 36.7 Å². The number of nitrogens with one attached hydrogen (secondary N) is 1. The van der Waals surface area contributed by atoms with E-state index >= 15 is 0 Å². The monoisotopic (exact) mass is 328 g/mol. The average molecular weight is 329 g/mol. The van der Waals surface area contributed by atoms with Crippen LogP contribution >= 0.6 is 11.6 Å². The third kappa shape index (κ3) is 3.42. The van der Waals surface area contributed by atoms with Crippen molar-refractivity contribution in [3.8, 4) is 0 Å². The van der Waals surface area contributed by atoms with Gasteiger partial charge in [0.1, 0.15) is 4.90 Å². The molecule has 2 aromatic heterocycles. The number of rotatable bonds is 5. The van der Waals surface area contributed by atoms with Gasteiger partial charge in [-0.15, -0.1) is 0 Å². The highest BCUT2D eigenvalue weighted by atomic mass is 35.5. The van der Waals surface area contributed by atoms with Crippen LogP contribution in [0.5, 0.6) is 0 Å². The van der Waals surface area contributed by atoms with E-state index in [1.807, 2.05) is 25.5 Å². The predicted octanol–water partition coefficient (Wildman–Crippen LogP) is 2.05. The lowest BCUT2D eigenvalue weighted by Gasteiger charge is -2.07. The largest absolute Gasteiger partial charge is 0.270 e. The first-order valence-corrected chi connectivity index (χ1v) is 8.34. The molecule has 2 heterocycles. The van der Waals surface area contributed by atoms with E-state index in [0.29, 0.717) is 0 Å². The molecule has 2 rings (SSSR count). The Bertz CT molecular complexity index is 756. The summed E-state index contributed by atoms with van der Waals surface area (Å²) in [6, 6.07) is 1.37. The van der Waals surface area contributed by atoms with E-state index in [1.54, 1.807) is 0 Å². The van der Waals surface area contributed by atoms with Crippen molar-refractivity contribution >= 4 is 21.6 Å². The molecule has 0 atom stereocenters. The van der Waals surface area contributed by atoms with E-state index in [1.165, 1.54) is 18.5 Å². The molecule has 0 bridgehead atoms. The van der Waals surface area contributed by atoms with Crippen LogP contribution in [-0.4, -0.2) is 23.2 Å². The van der Waals surface area contributed by atoms with E-state index in [9.17, 15) is 8.42 Å². The molecule has 1 N–H and O–H groups in total. The third-order valence-electron chi connectivity index (χ3n) is 3.26. The molecule has 0 aromatic carbocycles. The molecular weight excluding hydrogens is 312 g/mol. The second-order valence-electron chi connectivity index (χ2n) is 4.63. The molecule has 0 spiro atoms. The fourth-order valence-corrected chi connectivity index (χ4v) is 3.31. The first-order valence-electron chi connectivity index (χ1n) is 6.48. The summed E-state index contributed by atoms with van der Waals surface area (Å²) in [7, 11) is -3.65. The molecule has 0 saturated carbocycles. The van der Waals surface area contributed by atoms with Gasteiger partial charge in [-0.1, -0.05) is 11.6 Å². The van der Waals surface area contributed by atoms with Crippen LogP contribution in [0.2, 0.25) is 5.02 Å². The van der Waals surface area contributed by atoms with E-state index in [-0.39, 0.29) is 16.5 Å². The zero-order valence-corrected chi connectivity index (χ0v) is 13.7. The van der Waals surface area contributed by atoms with Gasteiger partial charge in [-0.05, 0) is 26.8 Å². The Morgan fingerprint density at radius 3 is 2.62 bits per heavy atom. The second kappa shape index (κ2) is 6.13. The zero-order valence-electron chi connectivity index (χ0n) is 12.1. The molecule has 6 nitrogen and oxygen atoms in total. The number of aryl methyl sites for hydroxylation is 2. The van der Waals surface area contributed by atoms with Crippen molar-refractivity contribution in [2.24, 2.45) is 0 Å². The van der Waals surface area contributed by atoms with Crippen LogP contribution in [0.1, 0.15) is 23.9 Å². The van der Waals surface area contributed by atoms with E-state index in [4.69, 9.17) is 11.6 Å². The van der Waals surface area contributed by atoms with Crippen LogP contribution in [0, 0.1) is 13.8 Å². The van der Waals surface area contributed by atoms with Crippen LogP contribution in [0.4, 0.5) is 0 Å². The summed E-state index contributed by atoms with van der Waals surface area (Å²) in [5, 5.41) is 4.65. The number of hydrogen-bond donors (Lipinski definition) is 1. The van der Waals surface area contributed by atoms with Gasteiger partial charge >= 0.3 is 0 Å². The maximum absolute atomic E-state index is 12.2. The maximum Gasteiger partial charge on any atom is 0.242 e. The number of halogens is 1. The summed E-state index contributed by atoms with van der Waals surface area (Å²) in [6.45, 7) is 6.72. The third-order valence-corrected chi connectivity index (χ3v) is 4.83. The van der Waals surface area contributed by atoms with Gasteiger partial charge in [-0.25, -0.2) is 13.1 Å². The highest BCUT2D eigenvalue weighted by Gasteiger charge is 2.17. The van der Waals surface area contributed by atoms with E-state index < -0.39 is 10.0 Å². The molecule has 114 valence electrons. The summed E-state index contributed by atoms with van der Waals surface area (Å²) in [4.78, 5) is 3.84.